The Morgan fingerprint density at radius 2 is 2.08 bits per heavy atom. The Bertz CT molecular complexity index is 560. The Labute approximate surface area is 150 Å². The molecule has 0 aliphatic carbocycles. The number of likely N-dealkylation sites (N-methyl/N-ethyl adjacent to an activating group) is 1. The lowest BCUT2D eigenvalue weighted by Gasteiger charge is -2.20. The van der Waals surface area contributed by atoms with Crippen molar-refractivity contribution >= 4 is 17.3 Å². The second-order valence-electron chi connectivity index (χ2n) is 5.98. The molecule has 0 saturated carbocycles. The maximum Gasteiger partial charge on any atom is 0.434 e. The summed E-state index contributed by atoms with van der Waals surface area (Å²) in [6, 6.07) is 0. The Hall–Kier alpha value is -1.39. The Morgan fingerprint density at radius 1 is 1.28 bits per heavy atom. The summed E-state index contributed by atoms with van der Waals surface area (Å²) in [5.74, 6) is 0.565. The van der Waals surface area contributed by atoms with Crippen molar-refractivity contribution in [1.29, 1.82) is 0 Å². The first-order valence-corrected chi connectivity index (χ1v) is 9.13. The number of hydrogen-bond acceptors (Lipinski definition) is 5. The number of aromatic nitrogens is 1. The van der Waals surface area contributed by atoms with E-state index in [9.17, 15) is 13.2 Å². The van der Waals surface area contributed by atoms with E-state index < -0.39 is 11.9 Å². The van der Waals surface area contributed by atoms with Gasteiger partial charge in [-0.3, -0.25) is 4.99 Å². The minimum atomic E-state index is -4.39. The standard InChI is InChI=1S/C15H25F3N6S/c1-19-14(20-4-7-24-6-3-5-23(2)8-9-24)21-10-13-22-12(11-25-13)15(16,17)18/h11H,3-10H2,1-2H3,(H2,19,20,21). The highest BCUT2D eigenvalue weighted by Gasteiger charge is 2.33. The van der Waals surface area contributed by atoms with Gasteiger partial charge in [0.15, 0.2) is 11.7 Å². The van der Waals surface area contributed by atoms with Gasteiger partial charge in [0.05, 0.1) is 6.54 Å². The molecule has 0 aromatic carbocycles. The topological polar surface area (TPSA) is 55.8 Å². The van der Waals surface area contributed by atoms with Crippen molar-refractivity contribution in [2.75, 3.05) is 53.4 Å². The third-order valence-electron chi connectivity index (χ3n) is 4.01. The minimum Gasteiger partial charge on any atom is -0.355 e. The Balaban J connectivity index is 1.71. The van der Waals surface area contributed by atoms with Gasteiger partial charge in [-0.05, 0) is 26.6 Å². The molecule has 0 spiro atoms. The van der Waals surface area contributed by atoms with Crippen LogP contribution in [0.4, 0.5) is 13.2 Å². The molecule has 1 aliphatic heterocycles. The molecule has 1 aromatic heterocycles. The molecule has 2 heterocycles. The summed E-state index contributed by atoms with van der Waals surface area (Å²) >= 11 is 0.989. The van der Waals surface area contributed by atoms with Gasteiger partial charge in [-0.25, -0.2) is 4.98 Å². The summed E-state index contributed by atoms with van der Waals surface area (Å²) in [5.41, 5.74) is -0.844. The fraction of sp³-hybridized carbons (Fsp3) is 0.733. The highest BCUT2D eigenvalue weighted by Crippen LogP contribution is 2.29. The van der Waals surface area contributed by atoms with E-state index in [1.165, 1.54) is 0 Å². The van der Waals surface area contributed by atoms with E-state index in [1.807, 2.05) is 0 Å². The highest BCUT2D eigenvalue weighted by molar-refractivity contribution is 7.09. The van der Waals surface area contributed by atoms with Crippen LogP contribution in [-0.2, 0) is 12.7 Å². The summed E-state index contributed by atoms with van der Waals surface area (Å²) in [4.78, 5) is 12.4. The number of aliphatic imine (C=N–C) groups is 1. The molecule has 2 rings (SSSR count). The van der Waals surface area contributed by atoms with Crippen molar-refractivity contribution in [1.82, 2.24) is 25.4 Å². The maximum atomic E-state index is 12.5. The average Bonchev–Trinajstić information content (AvgIpc) is 2.95. The molecule has 1 aliphatic rings. The molecule has 0 amide bonds. The molecular weight excluding hydrogens is 353 g/mol. The number of nitrogens with one attached hydrogen (secondary N) is 2. The van der Waals surface area contributed by atoms with Crippen LogP contribution >= 0.6 is 11.3 Å². The number of guanidine groups is 1. The molecule has 0 unspecified atom stereocenters. The third kappa shape index (κ3) is 6.79. The van der Waals surface area contributed by atoms with E-state index in [4.69, 9.17) is 0 Å². The smallest absolute Gasteiger partial charge is 0.355 e. The zero-order chi connectivity index (χ0) is 18.3. The largest absolute Gasteiger partial charge is 0.434 e. The summed E-state index contributed by atoms with van der Waals surface area (Å²) in [7, 11) is 3.77. The molecule has 0 atom stereocenters. The van der Waals surface area contributed by atoms with E-state index in [-0.39, 0.29) is 6.54 Å². The average molecular weight is 378 g/mol. The predicted molar refractivity (Wildman–Crippen MR) is 93.9 cm³/mol. The van der Waals surface area contributed by atoms with Crippen LogP contribution in [0, 0.1) is 0 Å². The van der Waals surface area contributed by atoms with Crippen molar-refractivity contribution < 1.29 is 13.2 Å². The van der Waals surface area contributed by atoms with Crippen molar-refractivity contribution in [2.45, 2.75) is 19.1 Å². The van der Waals surface area contributed by atoms with Crippen LogP contribution < -0.4 is 10.6 Å². The van der Waals surface area contributed by atoms with E-state index >= 15 is 0 Å². The lowest BCUT2D eigenvalue weighted by Crippen LogP contribution is -2.42. The van der Waals surface area contributed by atoms with E-state index in [1.54, 1.807) is 7.05 Å². The molecular formula is C15H25F3N6S. The first-order valence-electron chi connectivity index (χ1n) is 8.25. The summed E-state index contributed by atoms with van der Waals surface area (Å²) in [6.07, 6.45) is -3.23. The second-order valence-corrected chi connectivity index (χ2v) is 6.92. The molecule has 142 valence electrons. The monoisotopic (exact) mass is 378 g/mol. The van der Waals surface area contributed by atoms with Gasteiger partial charge in [-0.1, -0.05) is 0 Å². The zero-order valence-electron chi connectivity index (χ0n) is 14.6. The number of rotatable bonds is 5. The number of nitrogens with zero attached hydrogens (tertiary/aromatic N) is 4. The van der Waals surface area contributed by atoms with Crippen LogP contribution in [0.3, 0.4) is 0 Å². The van der Waals surface area contributed by atoms with Crippen LogP contribution in [0.2, 0.25) is 0 Å². The van der Waals surface area contributed by atoms with Gasteiger partial charge < -0.3 is 20.4 Å². The molecule has 0 bridgehead atoms. The normalized spacial score (nSPS) is 18.2. The molecule has 2 N–H and O–H groups in total. The van der Waals surface area contributed by atoms with E-state index in [0.717, 1.165) is 62.4 Å². The van der Waals surface area contributed by atoms with E-state index in [2.05, 4.69) is 37.5 Å². The zero-order valence-corrected chi connectivity index (χ0v) is 15.4. The van der Waals surface area contributed by atoms with Gasteiger partial charge in [0.25, 0.3) is 0 Å². The van der Waals surface area contributed by atoms with Gasteiger partial charge in [-0.2, -0.15) is 13.2 Å². The first kappa shape index (κ1) is 19.9. The second kappa shape index (κ2) is 9.35. The molecule has 25 heavy (non-hydrogen) atoms. The van der Waals surface area contributed by atoms with Crippen LogP contribution in [0.15, 0.2) is 10.4 Å². The van der Waals surface area contributed by atoms with E-state index in [0.29, 0.717) is 11.0 Å². The molecule has 6 nitrogen and oxygen atoms in total. The van der Waals surface area contributed by atoms with Gasteiger partial charge >= 0.3 is 6.18 Å². The van der Waals surface area contributed by atoms with Crippen LogP contribution in [0.25, 0.3) is 0 Å². The fourth-order valence-electron chi connectivity index (χ4n) is 2.56. The lowest BCUT2D eigenvalue weighted by molar-refractivity contribution is -0.140. The Kier molecular flexibility index (Phi) is 7.45. The molecule has 0 radical (unpaired) electrons. The summed E-state index contributed by atoms with van der Waals surface area (Å²) in [5, 5.41) is 7.61. The SMILES string of the molecule is CN=C(NCCN1CCCN(C)CC1)NCc1nc(C(F)(F)F)cs1. The van der Waals surface area contributed by atoms with Crippen LogP contribution in [0.5, 0.6) is 0 Å². The number of hydrogen-bond donors (Lipinski definition) is 2. The summed E-state index contributed by atoms with van der Waals surface area (Å²) < 4.78 is 37.6. The number of thiazole rings is 1. The van der Waals surface area contributed by atoms with Gasteiger partial charge in [0.2, 0.25) is 0 Å². The Morgan fingerprint density at radius 3 is 2.76 bits per heavy atom. The molecule has 1 aromatic rings. The quantitative estimate of drug-likeness (QED) is 0.600. The molecule has 1 saturated heterocycles. The van der Waals surface area contributed by atoms with Crippen molar-refractivity contribution in [3.05, 3.63) is 16.1 Å². The van der Waals surface area contributed by atoms with Crippen molar-refractivity contribution in [3.63, 3.8) is 0 Å². The van der Waals surface area contributed by atoms with Gasteiger partial charge in [0, 0.05) is 38.6 Å². The molecule has 1 fully saturated rings. The van der Waals surface area contributed by atoms with Crippen LogP contribution in [-0.4, -0.2) is 74.1 Å². The summed E-state index contributed by atoms with van der Waals surface area (Å²) in [6.45, 7) is 6.17. The fourth-order valence-corrected chi connectivity index (χ4v) is 3.30. The minimum absolute atomic E-state index is 0.217. The van der Waals surface area contributed by atoms with Crippen molar-refractivity contribution in [3.8, 4) is 0 Å². The molecule has 10 heteroatoms. The van der Waals surface area contributed by atoms with Crippen molar-refractivity contribution in [2.24, 2.45) is 4.99 Å². The number of alkyl halides is 3. The number of halogens is 3. The lowest BCUT2D eigenvalue weighted by atomic mass is 10.4. The van der Waals surface area contributed by atoms with Crippen LogP contribution in [0.1, 0.15) is 17.1 Å². The third-order valence-corrected chi connectivity index (χ3v) is 4.85. The van der Waals surface area contributed by atoms with Gasteiger partial charge in [0.1, 0.15) is 5.01 Å². The van der Waals surface area contributed by atoms with Gasteiger partial charge in [-0.15, -0.1) is 11.3 Å². The predicted octanol–water partition coefficient (Wildman–Crippen LogP) is 1.46. The highest BCUT2D eigenvalue weighted by atomic mass is 32.1. The maximum absolute atomic E-state index is 12.5. The first-order chi connectivity index (χ1) is 11.9.